The minimum absolute atomic E-state index is 0.0561. The molecule has 1 N–H and O–H groups in total. The van der Waals surface area contributed by atoms with Crippen molar-refractivity contribution in [2.75, 3.05) is 7.05 Å². The number of hydrogen-bond donors (Lipinski definition) is 1. The molecule has 1 unspecified atom stereocenters. The van der Waals surface area contributed by atoms with Crippen molar-refractivity contribution < 1.29 is 4.39 Å². The van der Waals surface area contributed by atoms with E-state index in [2.05, 4.69) is 5.32 Å². The van der Waals surface area contributed by atoms with Gasteiger partial charge in [-0.05, 0) is 31.2 Å². The molecule has 0 heterocycles. The second-order valence-corrected chi connectivity index (χ2v) is 4.56. The Labute approximate surface area is 112 Å². The molecule has 0 fully saturated rings. The minimum atomic E-state index is -0.251. The highest BCUT2D eigenvalue weighted by Crippen LogP contribution is 2.25. The first kappa shape index (κ1) is 13.1. The molecule has 18 heavy (non-hydrogen) atoms. The Kier molecular flexibility index (Phi) is 4.34. The number of halogens is 2. The molecule has 0 saturated heterocycles. The van der Waals surface area contributed by atoms with Gasteiger partial charge in [-0.25, -0.2) is 4.39 Å². The third kappa shape index (κ3) is 2.89. The van der Waals surface area contributed by atoms with Crippen LogP contribution in [0.3, 0.4) is 0 Å². The van der Waals surface area contributed by atoms with Crippen LogP contribution in [0.4, 0.5) is 4.39 Å². The predicted octanol–water partition coefficient (Wildman–Crippen LogP) is 3.98. The smallest absolute Gasteiger partial charge is 0.127 e. The maximum atomic E-state index is 13.8. The van der Waals surface area contributed by atoms with Gasteiger partial charge in [0.2, 0.25) is 0 Å². The van der Waals surface area contributed by atoms with E-state index < -0.39 is 0 Å². The van der Waals surface area contributed by atoms with Crippen LogP contribution < -0.4 is 5.32 Å². The van der Waals surface area contributed by atoms with E-state index in [9.17, 15) is 4.39 Å². The van der Waals surface area contributed by atoms with Gasteiger partial charge in [0, 0.05) is 16.6 Å². The van der Waals surface area contributed by atoms with Crippen LogP contribution in [-0.2, 0) is 6.42 Å². The van der Waals surface area contributed by atoms with Gasteiger partial charge in [0.15, 0.2) is 0 Å². The summed E-state index contributed by atoms with van der Waals surface area (Å²) in [5.41, 5.74) is 1.68. The fourth-order valence-corrected chi connectivity index (χ4v) is 2.24. The number of likely N-dealkylation sites (N-methyl/N-ethyl adjacent to an activating group) is 1. The monoisotopic (exact) mass is 263 g/mol. The van der Waals surface area contributed by atoms with E-state index in [1.54, 1.807) is 12.1 Å². The van der Waals surface area contributed by atoms with Gasteiger partial charge >= 0.3 is 0 Å². The highest BCUT2D eigenvalue weighted by atomic mass is 35.5. The number of benzene rings is 2. The fraction of sp³-hybridized carbons (Fsp3) is 0.200. The van der Waals surface area contributed by atoms with Crippen LogP contribution in [0.2, 0.25) is 5.02 Å². The molecule has 0 aliphatic rings. The molecular weight excluding hydrogens is 249 g/mol. The Balaban J connectivity index is 2.26. The molecule has 2 aromatic carbocycles. The van der Waals surface area contributed by atoms with Crippen molar-refractivity contribution in [1.82, 2.24) is 5.32 Å². The largest absolute Gasteiger partial charge is 0.313 e. The first-order valence-electron chi connectivity index (χ1n) is 5.87. The SMILES string of the molecule is CNC(Cc1c(F)cccc1Cl)c1ccccc1. The van der Waals surface area contributed by atoms with Crippen molar-refractivity contribution >= 4 is 11.6 Å². The Hall–Kier alpha value is -1.38. The van der Waals surface area contributed by atoms with Crippen LogP contribution in [0.25, 0.3) is 0 Å². The zero-order chi connectivity index (χ0) is 13.0. The fourth-order valence-electron chi connectivity index (χ4n) is 2.00. The standard InChI is InChI=1S/C15H15ClFN/c1-18-15(11-6-3-2-4-7-11)10-12-13(16)8-5-9-14(12)17/h2-9,15,18H,10H2,1H3. The molecule has 2 rings (SSSR count). The van der Waals surface area contributed by atoms with Crippen LogP contribution >= 0.6 is 11.6 Å². The van der Waals surface area contributed by atoms with Gasteiger partial charge in [-0.15, -0.1) is 0 Å². The second-order valence-electron chi connectivity index (χ2n) is 4.16. The van der Waals surface area contributed by atoms with E-state index in [-0.39, 0.29) is 11.9 Å². The van der Waals surface area contributed by atoms with Gasteiger partial charge < -0.3 is 5.32 Å². The van der Waals surface area contributed by atoms with Crippen molar-refractivity contribution in [3.05, 3.63) is 70.5 Å². The zero-order valence-corrected chi connectivity index (χ0v) is 10.9. The summed E-state index contributed by atoms with van der Waals surface area (Å²) in [6.07, 6.45) is 0.534. The molecule has 0 spiro atoms. The average Bonchev–Trinajstić information content (AvgIpc) is 2.40. The highest BCUT2D eigenvalue weighted by Gasteiger charge is 2.14. The quantitative estimate of drug-likeness (QED) is 0.880. The summed E-state index contributed by atoms with van der Waals surface area (Å²) in [7, 11) is 1.87. The lowest BCUT2D eigenvalue weighted by Gasteiger charge is -2.17. The van der Waals surface area contributed by atoms with E-state index in [4.69, 9.17) is 11.6 Å². The Morgan fingerprint density at radius 3 is 2.44 bits per heavy atom. The van der Waals surface area contributed by atoms with Gasteiger partial charge in [0.05, 0.1) is 0 Å². The predicted molar refractivity (Wildman–Crippen MR) is 73.4 cm³/mol. The number of hydrogen-bond acceptors (Lipinski definition) is 1. The highest BCUT2D eigenvalue weighted by molar-refractivity contribution is 6.31. The molecule has 0 saturated carbocycles. The molecule has 1 nitrogen and oxygen atoms in total. The minimum Gasteiger partial charge on any atom is -0.313 e. The maximum absolute atomic E-state index is 13.8. The Bertz CT molecular complexity index is 493. The number of nitrogens with one attached hydrogen (secondary N) is 1. The second kappa shape index (κ2) is 5.98. The van der Waals surface area contributed by atoms with Crippen molar-refractivity contribution in [2.24, 2.45) is 0 Å². The number of rotatable bonds is 4. The van der Waals surface area contributed by atoms with Crippen molar-refractivity contribution in [3.8, 4) is 0 Å². The topological polar surface area (TPSA) is 12.0 Å². The third-order valence-electron chi connectivity index (χ3n) is 3.02. The summed E-state index contributed by atoms with van der Waals surface area (Å²) < 4.78 is 13.8. The Morgan fingerprint density at radius 2 is 1.83 bits per heavy atom. The van der Waals surface area contributed by atoms with Crippen LogP contribution in [0, 0.1) is 5.82 Å². The lowest BCUT2D eigenvalue weighted by Crippen LogP contribution is -2.19. The molecule has 0 aromatic heterocycles. The first-order valence-corrected chi connectivity index (χ1v) is 6.25. The Morgan fingerprint density at radius 1 is 1.11 bits per heavy atom. The summed E-state index contributed by atoms with van der Waals surface area (Å²) >= 11 is 6.05. The first-order chi connectivity index (χ1) is 8.72. The molecule has 0 amide bonds. The van der Waals surface area contributed by atoms with E-state index in [0.717, 1.165) is 5.56 Å². The molecule has 0 aliphatic heterocycles. The van der Waals surface area contributed by atoms with E-state index in [1.807, 2.05) is 37.4 Å². The van der Waals surface area contributed by atoms with Crippen molar-refractivity contribution in [3.63, 3.8) is 0 Å². The molecule has 0 aliphatic carbocycles. The van der Waals surface area contributed by atoms with Gasteiger partial charge in [0.25, 0.3) is 0 Å². The molecular formula is C15H15ClFN. The van der Waals surface area contributed by atoms with Crippen molar-refractivity contribution in [1.29, 1.82) is 0 Å². The molecule has 0 radical (unpaired) electrons. The van der Waals surface area contributed by atoms with Crippen LogP contribution in [0.15, 0.2) is 48.5 Å². The van der Waals surface area contributed by atoms with E-state index in [0.29, 0.717) is 17.0 Å². The summed E-state index contributed by atoms with van der Waals surface area (Å²) in [4.78, 5) is 0. The van der Waals surface area contributed by atoms with E-state index >= 15 is 0 Å². The molecule has 1 atom stereocenters. The molecule has 0 bridgehead atoms. The van der Waals surface area contributed by atoms with Gasteiger partial charge in [0.1, 0.15) is 5.82 Å². The summed E-state index contributed by atoms with van der Waals surface area (Å²) in [5.74, 6) is -0.251. The van der Waals surface area contributed by atoms with Gasteiger partial charge in [-0.1, -0.05) is 48.0 Å². The lowest BCUT2D eigenvalue weighted by molar-refractivity contribution is 0.554. The summed E-state index contributed by atoms with van der Waals surface area (Å²) in [6.45, 7) is 0. The lowest BCUT2D eigenvalue weighted by atomic mass is 9.98. The van der Waals surface area contributed by atoms with Crippen molar-refractivity contribution in [2.45, 2.75) is 12.5 Å². The normalized spacial score (nSPS) is 12.4. The molecule has 3 heteroatoms. The van der Waals surface area contributed by atoms with Crippen LogP contribution in [0.5, 0.6) is 0 Å². The van der Waals surface area contributed by atoms with E-state index in [1.165, 1.54) is 6.07 Å². The van der Waals surface area contributed by atoms with Gasteiger partial charge in [-0.3, -0.25) is 0 Å². The zero-order valence-electron chi connectivity index (χ0n) is 10.2. The van der Waals surface area contributed by atoms with Crippen LogP contribution in [-0.4, -0.2) is 7.05 Å². The van der Waals surface area contributed by atoms with Gasteiger partial charge in [-0.2, -0.15) is 0 Å². The third-order valence-corrected chi connectivity index (χ3v) is 3.37. The summed E-state index contributed by atoms with van der Waals surface area (Å²) in [5, 5.41) is 3.67. The molecule has 94 valence electrons. The average molecular weight is 264 g/mol. The maximum Gasteiger partial charge on any atom is 0.127 e. The summed E-state index contributed by atoms with van der Waals surface area (Å²) in [6, 6.07) is 14.8. The van der Waals surface area contributed by atoms with Crippen LogP contribution in [0.1, 0.15) is 17.2 Å². The molecule has 2 aromatic rings.